The number of rotatable bonds is 5. The average Bonchev–Trinajstić information content (AvgIpc) is 2.89. The molecule has 1 aromatic rings. The Morgan fingerprint density at radius 2 is 2.16 bits per heavy atom. The Kier molecular flexibility index (Phi) is 4.97. The average molecular weight is 305 g/mol. The third-order valence-electron chi connectivity index (χ3n) is 3.33. The molecule has 7 heteroatoms. The van der Waals surface area contributed by atoms with Gasteiger partial charge in [0.1, 0.15) is 4.21 Å². The Labute approximate surface area is 117 Å². The molecule has 0 radical (unpaired) electrons. The standard InChI is InChI=1S/C12H19NO4S2/c1-13(7-10-2-4-17-5-3-10)19(15,16)12-6-11(8-14)9-18-12/h6,9-10,14H,2-5,7-8H2,1H3. The molecule has 5 nitrogen and oxygen atoms in total. The fourth-order valence-electron chi connectivity index (χ4n) is 2.12. The number of hydrogen-bond donors (Lipinski definition) is 1. The number of aliphatic hydroxyl groups excluding tert-OH is 1. The molecule has 108 valence electrons. The number of aliphatic hydroxyl groups is 1. The molecule has 1 aliphatic heterocycles. The van der Waals surface area contributed by atoms with Gasteiger partial charge >= 0.3 is 0 Å². The lowest BCUT2D eigenvalue weighted by atomic mass is 10.0. The molecule has 0 amide bonds. The van der Waals surface area contributed by atoms with Crippen molar-refractivity contribution in [2.75, 3.05) is 26.8 Å². The topological polar surface area (TPSA) is 66.8 Å². The van der Waals surface area contributed by atoms with Crippen LogP contribution >= 0.6 is 11.3 Å². The van der Waals surface area contributed by atoms with Gasteiger partial charge in [-0.3, -0.25) is 0 Å². The van der Waals surface area contributed by atoms with Gasteiger partial charge in [-0.05, 0) is 35.8 Å². The van der Waals surface area contributed by atoms with Gasteiger partial charge in [0.25, 0.3) is 10.0 Å². The van der Waals surface area contributed by atoms with Crippen molar-refractivity contribution in [2.24, 2.45) is 5.92 Å². The molecule has 1 aromatic heterocycles. The van der Waals surface area contributed by atoms with E-state index in [2.05, 4.69) is 0 Å². The highest BCUT2D eigenvalue weighted by molar-refractivity contribution is 7.91. The van der Waals surface area contributed by atoms with E-state index in [4.69, 9.17) is 9.84 Å². The van der Waals surface area contributed by atoms with Gasteiger partial charge < -0.3 is 9.84 Å². The lowest BCUT2D eigenvalue weighted by molar-refractivity contribution is 0.0620. The lowest BCUT2D eigenvalue weighted by Crippen LogP contribution is -2.33. The van der Waals surface area contributed by atoms with Crippen LogP contribution in [0.2, 0.25) is 0 Å². The maximum absolute atomic E-state index is 12.4. The van der Waals surface area contributed by atoms with E-state index in [0.29, 0.717) is 35.4 Å². The first kappa shape index (κ1) is 14.9. The van der Waals surface area contributed by atoms with E-state index in [0.717, 1.165) is 24.2 Å². The van der Waals surface area contributed by atoms with Crippen LogP contribution in [0, 0.1) is 5.92 Å². The smallest absolute Gasteiger partial charge is 0.252 e. The third-order valence-corrected chi connectivity index (χ3v) is 6.62. The van der Waals surface area contributed by atoms with Crippen molar-refractivity contribution in [1.29, 1.82) is 0 Å². The second kappa shape index (κ2) is 6.32. The number of ether oxygens (including phenoxy) is 1. The van der Waals surface area contributed by atoms with Crippen molar-refractivity contribution in [2.45, 2.75) is 23.7 Å². The minimum absolute atomic E-state index is 0.129. The third kappa shape index (κ3) is 3.55. The zero-order chi connectivity index (χ0) is 13.9. The van der Waals surface area contributed by atoms with Crippen molar-refractivity contribution in [3.8, 4) is 0 Å². The fraction of sp³-hybridized carbons (Fsp3) is 0.667. The predicted molar refractivity (Wildman–Crippen MR) is 73.6 cm³/mol. The van der Waals surface area contributed by atoms with Gasteiger partial charge in [-0.2, -0.15) is 4.31 Å². The molecule has 0 spiro atoms. The van der Waals surface area contributed by atoms with Crippen LogP contribution in [0.1, 0.15) is 18.4 Å². The first-order chi connectivity index (χ1) is 9.04. The van der Waals surface area contributed by atoms with Crippen LogP contribution in [-0.4, -0.2) is 44.6 Å². The summed E-state index contributed by atoms with van der Waals surface area (Å²) in [6, 6.07) is 1.54. The van der Waals surface area contributed by atoms with Gasteiger partial charge in [-0.15, -0.1) is 11.3 Å². The summed E-state index contributed by atoms with van der Waals surface area (Å²) in [6.45, 7) is 1.83. The van der Waals surface area contributed by atoms with Crippen LogP contribution in [0.3, 0.4) is 0 Å². The largest absolute Gasteiger partial charge is 0.392 e. The second-order valence-corrected chi connectivity index (χ2v) is 7.96. The molecule has 0 saturated carbocycles. The summed E-state index contributed by atoms with van der Waals surface area (Å²) in [5, 5.41) is 10.7. The fourth-order valence-corrected chi connectivity index (χ4v) is 4.77. The van der Waals surface area contributed by atoms with Crippen LogP contribution in [0.5, 0.6) is 0 Å². The van der Waals surface area contributed by atoms with Gasteiger partial charge in [-0.25, -0.2) is 8.42 Å². The Hall–Kier alpha value is -0.470. The number of thiophene rings is 1. The molecule has 0 aliphatic carbocycles. The normalized spacial score (nSPS) is 18.1. The predicted octanol–water partition coefficient (Wildman–Crippen LogP) is 1.29. The molecule has 0 aromatic carbocycles. The molecule has 1 fully saturated rings. The Morgan fingerprint density at radius 1 is 1.47 bits per heavy atom. The van der Waals surface area contributed by atoms with Crippen LogP contribution in [-0.2, 0) is 21.4 Å². The van der Waals surface area contributed by atoms with Crippen LogP contribution < -0.4 is 0 Å². The summed E-state index contributed by atoms with van der Waals surface area (Å²) in [5.74, 6) is 0.366. The summed E-state index contributed by atoms with van der Waals surface area (Å²) in [5.41, 5.74) is 0.642. The van der Waals surface area contributed by atoms with Crippen molar-refractivity contribution in [3.05, 3.63) is 17.0 Å². The monoisotopic (exact) mass is 305 g/mol. The highest BCUT2D eigenvalue weighted by Crippen LogP contribution is 2.25. The zero-order valence-electron chi connectivity index (χ0n) is 10.9. The second-order valence-electron chi connectivity index (χ2n) is 4.77. The number of hydrogen-bond acceptors (Lipinski definition) is 5. The van der Waals surface area contributed by atoms with E-state index >= 15 is 0 Å². The molecule has 0 unspecified atom stereocenters. The van der Waals surface area contributed by atoms with Gasteiger partial charge in [0, 0.05) is 26.8 Å². The quantitative estimate of drug-likeness (QED) is 0.890. The molecular weight excluding hydrogens is 286 g/mol. The number of nitrogens with zero attached hydrogens (tertiary/aromatic N) is 1. The van der Waals surface area contributed by atoms with Gasteiger partial charge in [-0.1, -0.05) is 0 Å². The Balaban J connectivity index is 2.05. The summed E-state index contributed by atoms with van der Waals surface area (Å²) in [4.78, 5) is 0. The van der Waals surface area contributed by atoms with E-state index in [1.165, 1.54) is 4.31 Å². The summed E-state index contributed by atoms with van der Waals surface area (Å²) in [6.07, 6.45) is 1.82. The van der Waals surface area contributed by atoms with Crippen LogP contribution in [0.4, 0.5) is 0 Å². The van der Waals surface area contributed by atoms with Crippen molar-refractivity contribution in [3.63, 3.8) is 0 Å². The summed E-state index contributed by atoms with van der Waals surface area (Å²) < 4.78 is 31.7. The van der Waals surface area contributed by atoms with E-state index in [1.54, 1.807) is 18.5 Å². The SMILES string of the molecule is CN(CC1CCOCC1)S(=O)(=O)c1cc(CO)cs1. The first-order valence-corrected chi connectivity index (χ1v) is 8.58. The number of sulfonamides is 1. The molecule has 1 aliphatic rings. The summed E-state index contributed by atoms with van der Waals surface area (Å²) in [7, 11) is -1.81. The van der Waals surface area contributed by atoms with E-state index in [-0.39, 0.29) is 6.61 Å². The molecule has 1 N–H and O–H groups in total. The summed E-state index contributed by atoms with van der Waals surface area (Å²) >= 11 is 1.16. The Morgan fingerprint density at radius 3 is 2.74 bits per heavy atom. The highest BCUT2D eigenvalue weighted by Gasteiger charge is 2.26. The van der Waals surface area contributed by atoms with E-state index < -0.39 is 10.0 Å². The van der Waals surface area contributed by atoms with E-state index in [1.807, 2.05) is 0 Å². The highest BCUT2D eigenvalue weighted by atomic mass is 32.2. The van der Waals surface area contributed by atoms with Crippen LogP contribution in [0.15, 0.2) is 15.7 Å². The molecule has 19 heavy (non-hydrogen) atoms. The lowest BCUT2D eigenvalue weighted by Gasteiger charge is -2.26. The molecule has 2 rings (SSSR count). The zero-order valence-corrected chi connectivity index (χ0v) is 12.5. The molecule has 2 heterocycles. The Bertz CT molecular complexity index is 506. The molecule has 0 bridgehead atoms. The minimum atomic E-state index is -3.43. The maximum Gasteiger partial charge on any atom is 0.252 e. The van der Waals surface area contributed by atoms with Gasteiger partial charge in [0.05, 0.1) is 6.61 Å². The van der Waals surface area contributed by atoms with E-state index in [9.17, 15) is 8.42 Å². The van der Waals surface area contributed by atoms with Crippen LogP contribution in [0.25, 0.3) is 0 Å². The molecular formula is C12H19NO4S2. The maximum atomic E-state index is 12.4. The molecule has 1 saturated heterocycles. The van der Waals surface area contributed by atoms with Crippen molar-refractivity contribution in [1.82, 2.24) is 4.31 Å². The minimum Gasteiger partial charge on any atom is -0.392 e. The van der Waals surface area contributed by atoms with Gasteiger partial charge in [0.2, 0.25) is 0 Å². The molecule has 0 atom stereocenters. The first-order valence-electron chi connectivity index (χ1n) is 6.26. The van der Waals surface area contributed by atoms with Crippen molar-refractivity contribution < 1.29 is 18.3 Å². The van der Waals surface area contributed by atoms with Gasteiger partial charge in [0.15, 0.2) is 0 Å². The van der Waals surface area contributed by atoms with Crippen molar-refractivity contribution >= 4 is 21.4 Å².